The van der Waals surface area contributed by atoms with Gasteiger partial charge < -0.3 is 10.1 Å². The van der Waals surface area contributed by atoms with E-state index in [2.05, 4.69) is 10.4 Å². The highest BCUT2D eigenvalue weighted by molar-refractivity contribution is 6.40. The van der Waals surface area contributed by atoms with Crippen LogP contribution in [0.3, 0.4) is 0 Å². The quantitative estimate of drug-likeness (QED) is 0.775. The van der Waals surface area contributed by atoms with Crippen LogP contribution in [0.15, 0.2) is 53.6 Å². The van der Waals surface area contributed by atoms with Crippen LogP contribution in [-0.4, -0.2) is 30.7 Å². The smallest absolute Gasteiger partial charge is 0.267 e. The Morgan fingerprint density at radius 2 is 2.04 bits per heavy atom. The van der Waals surface area contributed by atoms with Gasteiger partial charge in [-0.05, 0) is 42.8 Å². The molecule has 0 radical (unpaired) electrons. The molecule has 0 spiro atoms. The maximum Gasteiger partial charge on any atom is 0.267 e. The highest BCUT2D eigenvalue weighted by Gasteiger charge is 2.25. The number of carbonyl (C=O) groups is 2. The van der Waals surface area contributed by atoms with Gasteiger partial charge in [0.05, 0.1) is 12.2 Å². The summed E-state index contributed by atoms with van der Waals surface area (Å²) in [5.74, 6) is 0.222. The number of amides is 2. The Labute approximate surface area is 162 Å². The molecule has 2 aromatic rings. The minimum atomic E-state index is -0.296. The fraction of sp³-hybridized carbons (Fsp3) is 0.250. The summed E-state index contributed by atoms with van der Waals surface area (Å²) >= 11 is 5.90. The van der Waals surface area contributed by atoms with Gasteiger partial charge in [0.15, 0.2) is 0 Å². The lowest BCUT2D eigenvalue weighted by Gasteiger charge is -2.23. The zero-order valence-electron chi connectivity index (χ0n) is 14.9. The molecule has 0 atom stereocenters. The van der Waals surface area contributed by atoms with Crippen LogP contribution in [0, 0.1) is 6.92 Å². The minimum Gasteiger partial charge on any atom is -0.492 e. The van der Waals surface area contributed by atoms with Gasteiger partial charge in [0.25, 0.3) is 5.91 Å². The highest BCUT2D eigenvalue weighted by atomic mass is 35.5. The first-order valence-electron chi connectivity index (χ1n) is 8.66. The maximum absolute atomic E-state index is 12.4. The summed E-state index contributed by atoms with van der Waals surface area (Å²) < 4.78 is 5.54. The number of carbonyl (C=O) groups excluding carboxylic acids is 2. The number of hydrogen-bond acceptors (Lipinski definition) is 4. The molecule has 0 saturated heterocycles. The number of hydrazone groups is 1. The Kier molecular flexibility index (Phi) is 6.08. The van der Waals surface area contributed by atoms with E-state index in [4.69, 9.17) is 16.3 Å². The second-order valence-electron chi connectivity index (χ2n) is 6.15. The van der Waals surface area contributed by atoms with E-state index in [1.807, 2.05) is 25.1 Å². The van der Waals surface area contributed by atoms with Crippen molar-refractivity contribution in [3.63, 3.8) is 0 Å². The SMILES string of the molecule is Cc1cccc(N2N=C(C(=O)NCCOc3cccc(Cl)c3)CCC2=O)c1. The normalized spacial score (nSPS) is 13.9. The molecule has 0 saturated carbocycles. The molecule has 140 valence electrons. The molecule has 7 heteroatoms. The third kappa shape index (κ3) is 5.08. The predicted molar refractivity (Wildman–Crippen MR) is 105 cm³/mol. The maximum atomic E-state index is 12.4. The fourth-order valence-electron chi connectivity index (χ4n) is 2.67. The molecule has 2 aromatic carbocycles. The lowest BCUT2D eigenvalue weighted by atomic mass is 10.1. The third-order valence-corrected chi connectivity index (χ3v) is 4.23. The molecule has 0 aromatic heterocycles. The van der Waals surface area contributed by atoms with Crippen LogP contribution in [0.5, 0.6) is 5.75 Å². The average molecular weight is 386 g/mol. The molecule has 1 aliphatic heterocycles. The van der Waals surface area contributed by atoms with E-state index < -0.39 is 0 Å². The van der Waals surface area contributed by atoms with Gasteiger partial charge in [-0.1, -0.05) is 29.8 Å². The van der Waals surface area contributed by atoms with Gasteiger partial charge >= 0.3 is 0 Å². The average Bonchev–Trinajstić information content (AvgIpc) is 2.65. The number of halogens is 1. The van der Waals surface area contributed by atoms with E-state index in [1.165, 1.54) is 5.01 Å². The van der Waals surface area contributed by atoms with Crippen LogP contribution < -0.4 is 15.1 Å². The molecular formula is C20H20ClN3O3. The molecule has 2 amide bonds. The van der Waals surface area contributed by atoms with Gasteiger partial charge in [-0.25, -0.2) is 5.01 Å². The Hall–Kier alpha value is -2.86. The second kappa shape index (κ2) is 8.68. The second-order valence-corrected chi connectivity index (χ2v) is 6.59. The number of ether oxygens (including phenoxy) is 1. The van der Waals surface area contributed by atoms with Crippen LogP contribution in [0.25, 0.3) is 0 Å². The number of nitrogens with zero attached hydrogens (tertiary/aromatic N) is 2. The number of rotatable bonds is 6. The number of nitrogens with one attached hydrogen (secondary N) is 1. The molecule has 1 aliphatic rings. The van der Waals surface area contributed by atoms with Crippen LogP contribution in [0.4, 0.5) is 5.69 Å². The van der Waals surface area contributed by atoms with Crippen molar-refractivity contribution < 1.29 is 14.3 Å². The molecule has 0 unspecified atom stereocenters. The lowest BCUT2D eigenvalue weighted by Crippen LogP contribution is -2.40. The summed E-state index contributed by atoms with van der Waals surface area (Å²) in [6.45, 7) is 2.57. The van der Waals surface area contributed by atoms with Crippen molar-refractivity contribution in [1.82, 2.24) is 5.32 Å². The Balaban J connectivity index is 1.57. The Morgan fingerprint density at radius 3 is 2.81 bits per heavy atom. The summed E-state index contributed by atoms with van der Waals surface area (Å²) in [5, 5.41) is 8.91. The Morgan fingerprint density at radius 1 is 1.22 bits per heavy atom. The Bertz CT molecular complexity index is 882. The molecule has 0 bridgehead atoms. The predicted octanol–water partition coefficient (Wildman–Crippen LogP) is 3.33. The minimum absolute atomic E-state index is 0.124. The summed E-state index contributed by atoms with van der Waals surface area (Å²) in [7, 11) is 0. The zero-order chi connectivity index (χ0) is 19.2. The number of anilines is 1. The van der Waals surface area contributed by atoms with Crippen LogP contribution in [-0.2, 0) is 9.59 Å². The van der Waals surface area contributed by atoms with E-state index in [0.717, 1.165) is 5.56 Å². The van der Waals surface area contributed by atoms with Gasteiger partial charge in [-0.3, -0.25) is 9.59 Å². The van der Waals surface area contributed by atoms with Gasteiger partial charge in [0.2, 0.25) is 5.91 Å². The molecule has 6 nitrogen and oxygen atoms in total. The van der Waals surface area contributed by atoms with E-state index in [1.54, 1.807) is 30.3 Å². The van der Waals surface area contributed by atoms with Crippen molar-refractivity contribution in [2.45, 2.75) is 19.8 Å². The summed E-state index contributed by atoms with van der Waals surface area (Å²) in [4.78, 5) is 24.5. The third-order valence-electron chi connectivity index (χ3n) is 3.99. The molecule has 1 N–H and O–H groups in total. The first-order chi connectivity index (χ1) is 13.0. The topological polar surface area (TPSA) is 71.0 Å². The van der Waals surface area contributed by atoms with Crippen molar-refractivity contribution in [3.05, 3.63) is 59.1 Å². The van der Waals surface area contributed by atoms with Crippen molar-refractivity contribution >= 4 is 34.8 Å². The van der Waals surface area contributed by atoms with Crippen LogP contribution >= 0.6 is 11.6 Å². The zero-order valence-corrected chi connectivity index (χ0v) is 15.7. The number of aryl methyl sites for hydroxylation is 1. The van der Waals surface area contributed by atoms with Crippen molar-refractivity contribution in [3.8, 4) is 5.75 Å². The molecule has 0 aliphatic carbocycles. The summed E-state index contributed by atoms with van der Waals surface area (Å²) in [6, 6.07) is 14.5. The van der Waals surface area contributed by atoms with Crippen molar-refractivity contribution in [2.75, 3.05) is 18.2 Å². The monoisotopic (exact) mass is 385 g/mol. The number of hydrogen-bond donors (Lipinski definition) is 1. The molecule has 0 fully saturated rings. The first kappa shape index (κ1) is 18.9. The van der Waals surface area contributed by atoms with Crippen molar-refractivity contribution in [1.29, 1.82) is 0 Å². The molecule has 27 heavy (non-hydrogen) atoms. The first-order valence-corrected chi connectivity index (χ1v) is 9.04. The van der Waals surface area contributed by atoms with E-state index in [0.29, 0.717) is 41.7 Å². The fourth-order valence-corrected chi connectivity index (χ4v) is 2.85. The van der Waals surface area contributed by atoms with Crippen LogP contribution in [0.2, 0.25) is 5.02 Å². The number of benzene rings is 2. The van der Waals surface area contributed by atoms with E-state index in [-0.39, 0.29) is 18.2 Å². The molecule has 1 heterocycles. The lowest BCUT2D eigenvalue weighted by molar-refractivity contribution is -0.118. The highest BCUT2D eigenvalue weighted by Crippen LogP contribution is 2.21. The molecular weight excluding hydrogens is 366 g/mol. The van der Waals surface area contributed by atoms with E-state index in [9.17, 15) is 9.59 Å². The summed E-state index contributed by atoms with van der Waals surface area (Å²) in [5.41, 5.74) is 2.01. The standard InChI is InChI=1S/C20H20ClN3O3/c1-14-4-2-6-16(12-14)24-19(25)9-8-18(23-24)20(26)22-10-11-27-17-7-3-5-15(21)13-17/h2-7,12-13H,8-11H2,1H3,(H,22,26). The molecule has 3 rings (SSSR count). The van der Waals surface area contributed by atoms with Gasteiger partial charge in [0, 0.05) is 17.9 Å². The van der Waals surface area contributed by atoms with Crippen LogP contribution in [0.1, 0.15) is 18.4 Å². The van der Waals surface area contributed by atoms with E-state index >= 15 is 0 Å². The van der Waals surface area contributed by atoms with Gasteiger partial charge in [-0.15, -0.1) is 0 Å². The van der Waals surface area contributed by atoms with Gasteiger partial charge in [-0.2, -0.15) is 5.10 Å². The van der Waals surface area contributed by atoms with Gasteiger partial charge in [0.1, 0.15) is 18.1 Å². The van der Waals surface area contributed by atoms with Crippen molar-refractivity contribution in [2.24, 2.45) is 5.10 Å². The largest absolute Gasteiger partial charge is 0.492 e. The summed E-state index contributed by atoms with van der Waals surface area (Å²) in [6.07, 6.45) is 0.571.